The maximum atomic E-state index is 15.9. The molecule has 8 atom stereocenters. The Hall–Kier alpha value is -0.520. The predicted octanol–water partition coefficient (Wildman–Crippen LogP) is 6.65. The van der Waals surface area contributed by atoms with E-state index in [1.165, 1.54) is 19.3 Å². The first-order valence-electron chi connectivity index (χ1n) is 13.3. The van der Waals surface area contributed by atoms with Crippen molar-refractivity contribution < 1.29 is 23.0 Å². The Labute approximate surface area is 191 Å². The average molecular weight is 451 g/mol. The summed E-state index contributed by atoms with van der Waals surface area (Å²) in [6.07, 6.45) is 13.1. The summed E-state index contributed by atoms with van der Waals surface area (Å²) in [5.74, 6) is -1.41. The van der Waals surface area contributed by atoms with Crippen LogP contribution in [0.1, 0.15) is 90.9 Å². The van der Waals surface area contributed by atoms with E-state index >= 15 is 8.78 Å². The van der Waals surface area contributed by atoms with Crippen LogP contribution in [0.25, 0.3) is 0 Å². The van der Waals surface area contributed by atoms with Crippen LogP contribution in [0.4, 0.5) is 8.78 Å². The Balaban J connectivity index is 1.23. The van der Waals surface area contributed by atoms with Crippen molar-refractivity contribution >= 4 is 0 Å². The number of hydrogen-bond acceptors (Lipinski definition) is 3. The van der Waals surface area contributed by atoms with Crippen molar-refractivity contribution in [2.75, 3.05) is 6.61 Å². The molecule has 5 fully saturated rings. The van der Waals surface area contributed by atoms with Gasteiger partial charge in [0.1, 0.15) is 6.10 Å². The van der Waals surface area contributed by atoms with Crippen molar-refractivity contribution in [3.63, 3.8) is 0 Å². The second-order valence-corrected chi connectivity index (χ2v) is 12.2. The van der Waals surface area contributed by atoms with E-state index in [0.29, 0.717) is 48.6 Å². The summed E-state index contributed by atoms with van der Waals surface area (Å²) < 4.78 is 49.7. The minimum atomic E-state index is -2.90. The molecular formula is C27H40F2O3. The van der Waals surface area contributed by atoms with E-state index in [4.69, 9.17) is 14.2 Å². The molecule has 0 aromatic carbocycles. The van der Waals surface area contributed by atoms with Gasteiger partial charge in [-0.05, 0) is 106 Å². The first kappa shape index (κ1) is 22.0. The Kier molecular flexibility index (Phi) is 5.32. The van der Waals surface area contributed by atoms with E-state index in [9.17, 15) is 0 Å². The third-order valence-corrected chi connectivity index (χ3v) is 10.4. The van der Waals surface area contributed by atoms with Gasteiger partial charge in [-0.25, -0.2) is 0 Å². The molecule has 5 heteroatoms. The summed E-state index contributed by atoms with van der Waals surface area (Å²) in [7, 11) is 0. The van der Waals surface area contributed by atoms with Crippen molar-refractivity contribution in [2.24, 2.45) is 28.6 Å². The minimum absolute atomic E-state index is 0.229. The van der Waals surface area contributed by atoms with Gasteiger partial charge in [0, 0.05) is 12.2 Å². The second kappa shape index (κ2) is 7.75. The largest absolute Gasteiger partial charge is 0.374 e. The Morgan fingerprint density at radius 2 is 1.72 bits per heavy atom. The van der Waals surface area contributed by atoms with Crippen molar-refractivity contribution in [1.29, 1.82) is 0 Å². The standard InChI is InChI=1S/C27H40F2O3/c1-25-15-13-23(32-24-5-3-4-16-30-24)27(28,29)21(25)10-8-18-19-9-11-22(31-17-6-7-17)26(19,2)14-12-20(18)25/h10,17-20,22-24H,3-9,11-16H2,1-2H3/t18-,19-,20-,22-,23-,24?,25+,26-/m0/s1. The van der Waals surface area contributed by atoms with E-state index in [-0.39, 0.29) is 5.41 Å². The first-order valence-corrected chi connectivity index (χ1v) is 13.3. The highest BCUT2D eigenvalue weighted by atomic mass is 19.3. The molecule has 0 spiro atoms. The number of fused-ring (bicyclic) bond motifs is 5. The normalized spacial score (nSPS) is 50.2. The van der Waals surface area contributed by atoms with Crippen LogP contribution in [-0.2, 0) is 14.2 Å². The molecule has 1 heterocycles. The Morgan fingerprint density at radius 1 is 0.875 bits per heavy atom. The lowest BCUT2D eigenvalue weighted by atomic mass is 9.47. The van der Waals surface area contributed by atoms with E-state index in [0.717, 1.165) is 51.4 Å². The molecule has 0 radical (unpaired) electrons. The van der Waals surface area contributed by atoms with Crippen LogP contribution >= 0.6 is 0 Å². The van der Waals surface area contributed by atoms with Gasteiger partial charge in [-0.2, -0.15) is 8.78 Å². The van der Waals surface area contributed by atoms with Crippen LogP contribution in [0.2, 0.25) is 0 Å². The molecule has 0 N–H and O–H groups in total. The first-order chi connectivity index (χ1) is 15.3. The molecule has 0 aromatic rings. The highest BCUT2D eigenvalue weighted by molar-refractivity contribution is 5.32. The maximum absolute atomic E-state index is 15.9. The van der Waals surface area contributed by atoms with Gasteiger partial charge < -0.3 is 14.2 Å². The summed E-state index contributed by atoms with van der Waals surface area (Å²) in [6.45, 7) is 5.21. The van der Waals surface area contributed by atoms with Gasteiger partial charge >= 0.3 is 0 Å². The smallest absolute Gasteiger partial charge is 0.295 e. The quantitative estimate of drug-likeness (QED) is 0.449. The fraction of sp³-hybridized carbons (Fsp3) is 0.926. The molecule has 32 heavy (non-hydrogen) atoms. The van der Waals surface area contributed by atoms with E-state index in [1.54, 1.807) is 0 Å². The lowest BCUT2D eigenvalue weighted by Crippen LogP contribution is -2.57. The number of rotatable bonds is 4. The number of hydrogen-bond donors (Lipinski definition) is 0. The topological polar surface area (TPSA) is 27.7 Å². The Morgan fingerprint density at radius 3 is 2.47 bits per heavy atom. The van der Waals surface area contributed by atoms with Crippen molar-refractivity contribution in [3.05, 3.63) is 11.6 Å². The second-order valence-electron chi connectivity index (χ2n) is 12.2. The minimum Gasteiger partial charge on any atom is -0.374 e. The molecule has 3 nitrogen and oxygen atoms in total. The van der Waals surface area contributed by atoms with Gasteiger partial charge in [-0.3, -0.25) is 0 Å². The zero-order chi connectivity index (χ0) is 22.1. The number of alkyl halides is 2. The highest BCUT2D eigenvalue weighted by Crippen LogP contribution is 2.67. The van der Waals surface area contributed by atoms with Crippen molar-refractivity contribution in [2.45, 2.75) is 121 Å². The molecule has 5 aliphatic carbocycles. The van der Waals surface area contributed by atoms with Crippen LogP contribution in [0.5, 0.6) is 0 Å². The van der Waals surface area contributed by atoms with Crippen LogP contribution < -0.4 is 0 Å². The van der Waals surface area contributed by atoms with Crippen LogP contribution in [0, 0.1) is 28.6 Å². The third-order valence-electron chi connectivity index (χ3n) is 10.4. The average Bonchev–Trinajstić information content (AvgIpc) is 3.52. The molecule has 1 aliphatic heterocycles. The zero-order valence-corrected chi connectivity index (χ0v) is 19.8. The van der Waals surface area contributed by atoms with Crippen molar-refractivity contribution in [3.8, 4) is 0 Å². The molecule has 0 amide bonds. The monoisotopic (exact) mass is 450 g/mol. The summed E-state index contributed by atoms with van der Waals surface area (Å²) in [5.41, 5.74) is 0.203. The summed E-state index contributed by atoms with van der Waals surface area (Å²) in [6, 6.07) is 0. The summed E-state index contributed by atoms with van der Waals surface area (Å²) in [4.78, 5) is 0. The van der Waals surface area contributed by atoms with Gasteiger partial charge in [-0.1, -0.05) is 19.9 Å². The molecular weight excluding hydrogens is 410 g/mol. The third kappa shape index (κ3) is 3.35. The SMILES string of the molecule is C[C@]12CC[C@H]3[C@@H](CC=C4C(F)(F)[C@@H](OC5CCCCO5)CC[C@@]43C)[C@@H]1CC[C@@H]2OC1CC1. The van der Waals surface area contributed by atoms with E-state index in [2.05, 4.69) is 13.8 Å². The fourth-order valence-electron chi connectivity index (χ4n) is 8.48. The number of ether oxygens (including phenoxy) is 3. The molecule has 6 rings (SSSR count). The maximum Gasteiger partial charge on any atom is 0.295 e. The van der Waals surface area contributed by atoms with Crippen LogP contribution in [0.15, 0.2) is 11.6 Å². The van der Waals surface area contributed by atoms with E-state index in [1.807, 2.05) is 6.08 Å². The molecule has 0 aromatic heterocycles. The van der Waals surface area contributed by atoms with Crippen LogP contribution in [0.3, 0.4) is 0 Å². The number of allylic oxidation sites excluding steroid dienone is 1. The molecule has 0 bridgehead atoms. The number of halogens is 2. The van der Waals surface area contributed by atoms with Gasteiger partial charge in [0.25, 0.3) is 5.92 Å². The Bertz CT molecular complexity index is 758. The molecule has 180 valence electrons. The lowest BCUT2D eigenvalue weighted by Gasteiger charge is -2.59. The highest BCUT2D eigenvalue weighted by Gasteiger charge is 2.64. The predicted molar refractivity (Wildman–Crippen MR) is 118 cm³/mol. The molecule has 4 saturated carbocycles. The zero-order valence-electron chi connectivity index (χ0n) is 19.8. The lowest BCUT2D eigenvalue weighted by molar-refractivity contribution is -0.246. The van der Waals surface area contributed by atoms with Gasteiger partial charge in [-0.15, -0.1) is 0 Å². The molecule has 6 aliphatic rings. The van der Waals surface area contributed by atoms with Crippen LogP contribution in [-0.4, -0.2) is 37.1 Å². The van der Waals surface area contributed by atoms with Crippen molar-refractivity contribution in [1.82, 2.24) is 0 Å². The summed E-state index contributed by atoms with van der Waals surface area (Å²) >= 11 is 0. The summed E-state index contributed by atoms with van der Waals surface area (Å²) in [5, 5.41) is 0. The fourth-order valence-corrected chi connectivity index (χ4v) is 8.48. The molecule has 1 saturated heterocycles. The van der Waals surface area contributed by atoms with E-state index < -0.39 is 23.7 Å². The van der Waals surface area contributed by atoms with Gasteiger partial charge in [0.2, 0.25) is 0 Å². The van der Waals surface area contributed by atoms with Gasteiger partial charge in [0.15, 0.2) is 6.29 Å². The van der Waals surface area contributed by atoms with Gasteiger partial charge in [0.05, 0.1) is 12.2 Å². The molecule has 1 unspecified atom stereocenters.